The quantitative estimate of drug-likeness (QED) is 0.541. The lowest BCUT2D eigenvalue weighted by atomic mass is 10.0. The second-order valence-corrected chi connectivity index (χ2v) is 3.29. The van der Waals surface area contributed by atoms with Gasteiger partial charge in [0.05, 0.1) is 7.11 Å². The first-order chi connectivity index (χ1) is 8.02. The Morgan fingerprint density at radius 3 is 2.18 bits per heavy atom. The summed E-state index contributed by atoms with van der Waals surface area (Å²) in [5.41, 5.74) is 1.73. The van der Waals surface area contributed by atoms with Gasteiger partial charge in [0.1, 0.15) is 5.76 Å². The van der Waals surface area contributed by atoms with Gasteiger partial charge in [0.25, 0.3) is 0 Å². The Balaban J connectivity index is 0. The Morgan fingerprint density at radius 2 is 1.88 bits per heavy atom. The van der Waals surface area contributed by atoms with Crippen molar-refractivity contribution in [2.75, 3.05) is 7.11 Å². The van der Waals surface area contributed by atoms with Gasteiger partial charge >= 0.3 is 5.97 Å². The van der Waals surface area contributed by atoms with Crippen molar-refractivity contribution in [1.82, 2.24) is 0 Å². The summed E-state index contributed by atoms with van der Waals surface area (Å²) in [5, 5.41) is 8.51. The van der Waals surface area contributed by atoms with Crippen LogP contribution in [-0.4, -0.2) is 18.2 Å². The zero-order chi connectivity index (χ0) is 13.8. The lowest BCUT2D eigenvalue weighted by Gasteiger charge is -2.10. The number of hydrogen-bond acceptors (Lipinski definition) is 2. The van der Waals surface area contributed by atoms with Crippen molar-refractivity contribution < 1.29 is 14.6 Å². The zero-order valence-corrected chi connectivity index (χ0v) is 11.4. The minimum absolute atomic E-state index is 0.157. The number of hydrogen-bond donors (Lipinski definition) is 1. The normalized spacial score (nSPS) is 10.6. The first-order valence-electron chi connectivity index (χ1n) is 5.80. The van der Waals surface area contributed by atoms with Gasteiger partial charge in [0, 0.05) is 6.42 Å². The molecule has 98 valence electrons. The molecule has 0 aromatic carbocycles. The van der Waals surface area contributed by atoms with Gasteiger partial charge < -0.3 is 9.84 Å². The van der Waals surface area contributed by atoms with E-state index < -0.39 is 5.97 Å². The van der Waals surface area contributed by atoms with Crippen LogP contribution >= 0.6 is 0 Å². The highest BCUT2D eigenvalue weighted by Gasteiger charge is 2.06. The van der Waals surface area contributed by atoms with Crippen LogP contribution in [0.3, 0.4) is 0 Å². The van der Waals surface area contributed by atoms with Crippen LogP contribution in [-0.2, 0) is 9.53 Å². The molecule has 0 aromatic heterocycles. The van der Waals surface area contributed by atoms with Crippen molar-refractivity contribution in [2.24, 2.45) is 0 Å². The number of rotatable bonds is 7. The van der Waals surface area contributed by atoms with E-state index in [2.05, 4.69) is 13.2 Å². The summed E-state index contributed by atoms with van der Waals surface area (Å²) in [6, 6.07) is 0. The average molecular weight is 240 g/mol. The van der Waals surface area contributed by atoms with E-state index in [9.17, 15) is 4.79 Å². The smallest absolute Gasteiger partial charge is 0.303 e. The molecule has 0 bridgehead atoms. The van der Waals surface area contributed by atoms with E-state index in [1.165, 1.54) is 0 Å². The molecule has 0 aliphatic rings. The predicted octanol–water partition coefficient (Wildman–Crippen LogP) is 3.93. The standard InChI is InChI=1S/C12H18O3.C2H6/c1-5-10(7-6-8-11(13)14)12(15-4)9(2)3;1-2/h5H,1-2,6-8H2,3-4H3,(H,13,14);1-2H3/b12-10-;. The number of carboxylic acid groups (broad SMARTS) is 1. The minimum atomic E-state index is -0.785. The largest absolute Gasteiger partial charge is 0.496 e. The summed E-state index contributed by atoms with van der Waals surface area (Å²) >= 11 is 0. The summed E-state index contributed by atoms with van der Waals surface area (Å²) < 4.78 is 5.18. The molecule has 0 unspecified atom stereocenters. The maximum Gasteiger partial charge on any atom is 0.303 e. The third-order valence-corrected chi connectivity index (χ3v) is 1.97. The lowest BCUT2D eigenvalue weighted by molar-refractivity contribution is -0.137. The average Bonchev–Trinajstić information content (AvgIpc) is 2.29. The molecule has 0 fully saturated rings. The van der Waals surface area contributed by atoms with E-state index in [-0.39, 0.29) is 6.42 Å². The van der Waals surface area contributed by atoms with Gasteiger partial charge in [-0.2, -0.15) is 0 Å². The van der Waals surface area contributed by atoms with Crippen LogP contribution in [0.1, 0.15) is 40.0 Å². The van der Waals surface area contributed by atoms with Gasteiger partial charge in [0.2, 0.25) is 0 Å². The van der Waals surface area contributed by atoms with E-state index in [0.717, 1.165) is 11.1 Å². The fourth-order valence-corrected chi connectivity index (χ4v) is 1.32. The fourth-order valence-electron chi connectivity index (χ4n) is 1.32. The fraction of sp³-hybridized carbons (Fsp3) is 0.500. The molecule has 17 heavy (non-hydrogen) atoms. The molecule has 0 saturated heterocycles. The molecular weight excluding hydrogens is 216 g/mol. The lowest BCUT2D eigenvalue weighted by Crippen LogP contribution is -1.97. The number of allylic oxidation sites excluding steroid dienone is 3. The number of carboxylic acids is 1. The summed E-state index contributed by atoms with van der Waals surface area (Å²) in [6.45, 7) is 13.3. The first kappa shape index (κ1) is 17.9. The SMILES string of the molecule is C=C/C(CCCC(=O)O)=C(/OC)C(=C)C.CC. The summed E-state index contributed by atoms with van der Waals surface area (Å²) in [7, 11) is 1.57. The molecule has 3 nitrogen and oxygen atoms in total. The van der Waals surface area contributed by atoms with E-state index in [0.29, 0.717) is 18.6 Å². The summed E-state index contributed by atoms with van der Waals surface area (Å²) in [6.07, 6.45) is 3.07. The second-order valence-electron chi connectivity index (χ2n) is 3.29. The summed E-state index contributed by atoms with van der Waals surface area (Å²) in [4.78, 5) is 10.4. The highest BCUT2D eigenvalue weighted by molar-refractivity contribution is 5.66. The van der Waals surface area contributed by atoms with Gasteiger partial charge in [-0.15, -0.1) is 0 Å². The molecule has 0 rings (SSSR count). The van der Waals surface area contributed by atoms with Crippen LogP contribution in [0.25, 0.3) is 0 Å². The van der Waals surface area contributed by atoms with Gasteiger partial charge in [-0.3, -0.25) is 4.79 Å². The number of methoxy groups -OCH3 is 1. The molecule has 0 aliphatic heterocycles. The zero-order valence-electron chi connectivity index (χ0n) is 11.4. The highest BCUT2D eigenvalue weighted by atomic mass is 16.5. The third-order valence-electron chi connectivity index (χ3n) is 1.97. The van der Waals surface area contributed by atoms with E-state index in [4.69, 9.17) is 9.84 Å². The van der Waals surface area contributed by atoms with Crippen molar-refractivity contribution in [3.05, 3.63) is 36.1 Å². The Labute approximate surface area is 104 Å². The van der Waals surface area contributed by atoms with E-state index >= 15 is 0 Å². The Bertz CT molecular complexity index is 288. The van der Waals surface area contributed by atoms with Crippen molar-refractivity contribution in [3.63, 3.8) is 0 Å². The number of carbonyl (C=O) groups is 1. The molecule has 0 spiro atoms. The maximum atomic E-state index is 10.4. The highest BCUT2D eigenvalue weighted by Crippen LogP contribution is 2.19. The molecule has 0 radical (unpaired) electrons. The van der Waals surface area contributed by atoms with Crippen molar-refractivity contribution in [2.45, 2.75) is 40.0 Å². The minimum Gasteiger partial charge on any atom is -0.496 e. The van der Waals surface area contributed by atoms with Gasteiger partial charge in [-0.1, -0.05) is 33.1 Å². The molecule has 0 heterocycles. The van der Waals surface area contributed by atoms with Crippen LogP contribution in [0.5, 0.6) is 0 Å². The Kier molecular flexibility index (Phi) is 11.6. The molecule has 1 N–H and O–H groups in total. The van der Waals surface area contributed by atoms with Crippen LogP contribution < -0.4 is 0 Å². The topological polar surface area (TPSA) is 46.5 Å². The number of ether oxygens (including phenoxy) is 1. The van der Waals surface area contributed by atoms with Crippen molar-refractivity contribution in [3.8, 4) is 0 Å². The van der Waals surface area contributed by atoms with Crippen molar-refractivity contribution >= 4 is 5.97 Å². The molecule has 0 amide bonds. The van der Waals surface area contributed by atoms with Gasteiger partial charge in [-0.25, -0.2) is 0 Å². The van der Waals surface area contributed by atoms with Gasteiger partial charge in [0.15, 0.2) is 0 Å². The Morgan fingerprint density at radius 1 is 1.35 bits per heavy atom. The van der Waals surface area contributed by atoms with Crippen LogP contribution in [0.4, 0.5) is 0 Å². The molecule has 0 atom stereocenters. The first-order valence-corrected chi connectivity index (χ1v) is 5.80. The predicted molar refractivity (Wildman–Crippen MR) is 71.9 cm³/mol. The van der Waals surface area contributed by atoms with Crippen LogP contribution in [0.2, 0.25) is 0 Å². The second kappa shape index (κ2) is 11.0. The van der Waals surface area contributed by atoms with Crippen LogP contribution in [0.15, 0.2) is 36.1 Å². The van der Waals surface area contributed by atoms with Gasteiger partial charge in [-0.05, 0) is 30.9 Å². The van der Waals surface area contributed by atoms with Crippen LogP contribution in [0, 0.1) is 0 Å². The van der Waals surface area contributed by atoms with E-state index in [1.807, 2.05) is 20.8 Å². The number of aliphatic carboxylic acids is 1. The van der Waals surface area contributed by atoms with Crippen molar-refractivity contribution in [1.29, 1.82) is 0 Å². The molecule has 0 saturated carbocycles. The Hall–Kier alpha value is -1.51. The molecule has 0 aromatic rings. The van der Waals surface area contributed by atoms with E-state index in [1.54, 1.807) is 13.2 Å². The maximum absolute atomic E-state index is 10.4. The third kappa shape index (κ3) is 8.31. The summed E-state index contributed by atoms with van der Waals surface area (Å²) in [5.74, 6) is -0.0805. The monoisotopic (exact) mass is 240 g/mol. The molecule has 0 aliphatic carbocycles. The molecule has 3 heteroatoms. The molecular formula is C14H24O3.